The Morgan fingerprint density at radius 1 is 1.44 bits per heavy atom. The van der Waals surface area contributed by atoms with Gasteiger partial charge < -0.3 is 10.2 Å². The van der Waals surface area contributed by atoms with Crippen molar-refractivity contribution < 1.29 is 0 Å². The first-order chi connectivity index (χ1) is 7.81. The Kier molecular flexibility index (Phi) is 4.01. The van der Waals surface area contributed by atoms with Crippen molar-refractivity contribution >= 4 is 5.96 Å². The van der Waals surface area contributed by atoms with Gasteiger partial charge in [0.1, 0.15) is 0 Å². The SMILES string of the molecule is CCN1CCC(CN=C(NN)NC2CC2)C1. The Labute approximate surface area is 97.4 Å². The second kappa shape index (κ2) is 5.50. The van der Waals surface area contributed by atoms with Gasteiger partial charge in [0.25, 0.3) is 0 Å². The van der Waals surface area contributed by atoms with E-state index in [1.807, 2.05) is 0 Å². The molecule has 0 aromatic heterocycles. The van der Waals surface area contributed by atoms with E-state index < -0.39 is 0 Å². The lowest BCUT2D eigenvalue weighted by Gasteiger charge is -2.12. The second-order valence-electron chi connectivity index (χ2n) is 4.80. The van der Waals surface area contributed by atoms with E-state index in [0.717, 1.165) is 19.0 Å². The van der Waals surface area contributed by atoms with E-state index >= 15 is 0 Å². The molecule has 4 N–H and O–H groups in total. The van der Waals surface area contributed by atoms with E-state index in [4.69, 9.17) is 5.84 Å². The number of rotatable bonds is 4. The summed E-state index contributed by atoms with van der Waals surface area (Å²) in [6.07, 6.45) is 3.75. The van der Waals surface area contributed by atoms with Crippen LogP contribution in [0.5, 0.6) is 0 Å². The maximum absolute atomic E-state index is 5.43. The van der Waals surface area contributed by atoms with Crippen molar-refractivity contribution in [2.24, 2.45) is 16.8 Å². The second-order valence-corrected chi connectivity index (χ2v) is 4.80. The van der Waals surface area contributed by atoms with E-state index in [0.29, 0.717) is 12.0 Å². The van der Waals surface area contributed by atoms with Crippen molar-refractivity contribution in [3.05, 3.63) is 0 Å². The van der Waals surface area contributed by atoms with Crippen LogP contribution in [0.4, 0.5) is 0 Å². The molecule has 2 aliphatic rings. The molecule has 0 amide bonds. The first-order valence-corrected chi connectivity index (χ1v) is 6.31. The van der Waals surface area contributed by atoms with Gasteiger partial charge in [-0.2, -0.15) is 0 Å². The molecule has 1 aliphatic carbocycles. The minimum Gasteiger partial charge on any atom is -0.353 e. The third kappa shape index (κ3) is 3.35. The number of hydrazine groups is 1. The fourth-order valence-electron chi connectivity index (χ4n) is 2.12. The monoisotopic (exact) mass is 225 g/mol. The predicted molar refractivity (Wildman–Crippen MR) is 66.0 cm³/mol. The van der Waals surface area contributed by atoms with E-state index in [9.17, 15) is 0 Å². The normalized spacial score (nSPS) is 27.1. The average Bonchev–Trinajstić information content (AvgIpc) is 3.00. The molecule has 1 unspecified atom stereocenters. The van der Waals surface area contributed by atoms with E-state index in [1.54, 1.807) is 0 Å². The molecule has 1 atom stereocenters. The molecule has 16 heavy (non-hydrogen) atoms. The zero-order valence-corrected chi connectivity index (χ0v) is 10.1. The van der Waals surface area contributed by atoms with Crippen LogP contribution in [0.1, 0.15) is 26.2 Å². The molecule has 0 radical (unpaired) electrons. The van der Waals surface area contributed by atoms with Crippen molar-refractivity contribution in [3.63, 3.8) is 0 Å². The summed E-state index contributed by atoms with van der Waals surface area (Å²) in [5, 5.41) is 3.29. The molecule has 1 aliphatic heterocycles. The lowest BCUT2D eigenvalue weighted by Crippen LogP contribution is -2.43. The summed E-state index contributed by atoms with van der Waals surface area (Å²) in [4.78, 5) is 6.99. The minimum atomic E-state index is 0.602. The Morgan fingerprint density at radius 2 is 2.25 bits per heavy atom. The molecule has 0 bridgehead atoms. The number of aliphatic imine (C=N–C) groups is 1. The summed E-state index contributed by atoms with van der Waals surface area (Å²) in [5.74, 6) is 6.89. The molecule has 1 saturated carbocycles. The average molecular weight is 225 g/mol. The van der Waals surface area contributed by atoms with Crippen LogP contribution in [0.25, 0.3) is 0 Å². The highest BCUT2D eigenvalue weighted by molar-refractivity contribution is 5.79. The third-order valence-corrected chi connectivity index (χ3v) is 3.38. The van der Waals surface area contributed by atoms with Gasteiger partial charge >= 0.3 is 0 Å². The van der Waals surface area contributed by atoms with Crippen molar-refractivity contribution in [1.82, 2.24) is 15.6 Å². The van der Waals surface area contributed by atoms with Crippen LogP contribution >= 0.6 is 0 Å². The van der Waals surface area contributed by atoms with E-state index in [2.05, 4.69) is 27.6 Å². The minimum absolute atomic E-state index is 0.602. The van der Waals surface area contributed by atoms with Crippen LogP contribution in [0.3, 0.4) is 0 Å². The Bertz CT molecular complexity index is 249. The van der Waals surface area contributed by atoms with Crippen LogP contribution in [0.2, 0.25) is 0 Å². The Hall–Kier alpha value is -0.810. The summed E-state index contributed by atoms with van der Waals surface area (Å²) in [6, 6.07) is 0.602. The summed E-state index contributed by atoms with van der Waals surface area (Å²) >= 11 is 0. The van der Waals surface area contributed by atoms with E-state index in [1.165, 1.54) is 32.4 Å². The van der Waals surface area contributed by atoms with Crippen LogP contribution in [-0.4, -0.2) is 43.1 Å². The highest BCUT2D eigenvalue weighted by Crippen LogP contribution is 2.18. The quantitative estimate of drug-likeness (QED) is 0.270. The number of nitrogens with two attached hydrogens (primary N) is 1. The Balaban J connectivity index is 1.73. The highest BCUT2D eigenvalue weighted by atomic mass is 15.3. The summed E-state index contributed by atoms with van der Waals surface area (Å²) in [6.45, 7) is 6.66. The van der Waals surface area contributed by atoms with Crippen molar-refractivity contribution in [1.29, 1.82) is 0 Å². The number of guanidine groups is 1. The van der Waals surface area contributed by atoms with Gasteiger partial charge in [0.05, 0.1) is 0 Å². The van der Waals surface area contributed by atoms with Crippen molar-refractivity contribution in [3.8, 4) is 0 Å². The van der Waals surface area contributed by atoms with Gasteiger partial charge in [-0.05, 0) is 38.3 Å². The molecule has 92 valence electrons. The molecular formula is C11H23N5. The molecule has 1 heterocycles. The molecule has 0 spiro atoms. The fourth-order valence-corrected chi connectivity index (χ4v) is 2.12. The molecule has 2 rings (SSSR count). The smallest absolute Gasteiger partial charge is 0.205 e. The molecule has 0 aromatic rings. The van der Waals surface area contributed by atoms with Gasteiger partial charge in [-0.25, -0.2) is 5.84 Å². The van der Waals surface area contributed by atoms with Crippen LogP contribution in [0, 0.1) is 5.92 Å². The van der Waals surface area contributed by atoms with Gasteiger partial charge in [-0.3, -0.25) is 10.4 Å². The summed E-state index contributed by atoms with van der Waals surface area (Å²) in [5.41, 5.74) is 2.65. The highest BCUT2D eigenvalue weighted by Gasteiger charge is 2.23. The molecule has 0 aromatic carbocycles. The molecule has 5 heteroatoms. The van der Waals surface area contributed by atoms with Crippen LogP contribution in [-0.2, 0) is 0 Å². The summed E-state index contributed by atoms with van der Waals surface area (Å²) < 4.78 is 0. The first kappa shape index (κ1) is 11.7. The molecular weight excluding hydrogens is 202 g/mol. The molecule has 2 fully saturated rings. The maximum atomic E-state index is 5.43. The van der Waals surface area contributed by atoms with E-state index in [-0.39, 0.29) is 0 Å². The standard InChI is InChI=1S/C11H23N5/c1-2-16-6-5-9(8-16)7-13-11(15-12)14-10-3-4-10/h9-10H,2-8,12H2,1H3,(H2,13,14,15). The topological polar surface area (TPSA) is 65.7 Å². The molecule has 5 nitrogen and oxygen atoms in total. The summed E-state index contributed by atoms with van der Waals surface area (Å²) in [7, 11) is 0. The fraction of sp³-hybridized carbons (Fsp3) is 0.909. The van der Waals surface area contributed by atoms with Gasteiger partial charge in [-0.15, -0.1) is 0 Å². The maximum Gasteiger partial charge on any atom is 0.205 e. The number of nitrogens with zero attached hydrogens (tertiary/aromatic N) is 2. The number of hydrogen-bond donors (Lipinski definition) is 3. The predicted octanol–water partition coefficient (Wildman–Crippen LogP) is -0.100. The number of likely N-dealkylation sites (tertiary alicyclic amines) is 1. The molecule has 1 saturated heterocycles. The number of nitrogens with one attached hydrogen (secondary N) is 2. The first-order valence-electron chi connectivity index (χ1n) is 6.31. The lowest BCUT2D eigenvalue weighted by molar-refractivity contribution is 0.343. The van der Waals surface area contributed by atoms with Crippen LogP contribution in [0.15, 0.2) is 4.99 Å². The number of hydrogen-bond acceptors (Lipinski definition) is 3. The zero-order valence-electron chi connectivity index (χ0n) is 10.1. The largest absolute Gasteiger partial charge is 0.353 e. The van der Waals surface area contributed by atoms with Gasteiger partial charge in [-0.1, -0.05) is 6.92 Å². The van der Waals surface area contributed by atoms with Gasteiger partial charge in [0.2, 0.25) is 5.96 Å². The van der Waals surface area contributed by atoms with Gasteiger partial charge in [0, 0.05) is 19.1 Å². The van der Waals surface area contributed by atoms with Crippen molar-refractivity contribution in [2.75, 3.05) is 26.2 Å². The zero-order chi connectivity index (χ0) is 11.4. The lowest BCUT2D eigenvalue weighted by atomic mass is 10.1. The third-order valence-electron chi connectivity index (χ3n) is 3.38. The van der Waals surface area contributed by atoms with Gasteiger partial charge in [0.15, 0.2) is 0 Å². The Morgan fingerprint density at radius 3 is 2.81 bits per heavy atom. The van der Waals surface area contributed by atoms with Crippen LogP contribution < -0.4 is 16.6 Å². The van der Waals surface area contributed by atoms with Crippen molar-refractivity contribution in [2.45, 2.75) is 32.2 Å².